The fourth-order valence-electron chi connectivity index (χ4n) is 3.27. The standard InChI is InChI=1S/C17H32N2O3.ClH/c1-14(2)12-19(10-7-16(21)22-3)15(20)11-17(13-18)8-5-4-6-9-17;/h14H,4-13,18H2,1-3H3;1H. The second-order valence-corrected chi connectivity index (χ2v) is 7.00. The van der Waals surface area contributed by atoms with Gasteiger partial charge in [-0.3, -0.25) is 9.59 Å². The summed E-state index contributed by atoms with van der Waals surface area (Å²) in [7, 11) is 1.38. The monoisotopic (exact) mass is 348 g/mol. The number of hydrogen-bond donors (Lipinski definition) is 1. The highest BCUT2D eigenvalue weighted by atomic mass is 35.5. The van der Waals surface area contributed by atoms with Crippen LogP contribution in [0.15, 0.2) is 0 Å². The van der Waals surface area contributed by atoms with Crippen LogP contribution in [0.4, 0.5) is 0 Å². The maximum atomic E-state index is 12.7. The van der Waals surface area contributed by atoms with Crippen LogP contribution in [-0.4, -0.2) is 43.5 Å². The van der Waals surface area contributed by atoms with Crippen molar-refractivity contribution in [1.82, 2.24) is 4.90 Å². The minimum Gasteiger partial charge on any atom is -0.469 e. The molecule has 0 aromatic carbocycles. The van der Waals surface area contributed by atoms with Crippen molar-refractivity contribution in [3.05, 3.63) is 0 Å². The lowest BCUT2D eigenvalue weighted by molar-refractivity contribution is -0.142. The number of carbonyl (C=O) groups is 2. The molecule has 0 unspecified atom stereocenters. The van der Waals surface area contributed by atoms with Crippen molar-refractivity contribution < 1.29 is 14.3 Å². The van der Waals surface area contributed by atoms with E-state index in [1.54, 1.807) is 0 Å². The van der Waals surface area contributed by atoms with E-state index in [0.29, 0.717) is 32.0 Å². The van der Waals surface area contributed by atoms with Gasteiger partial charge in [0, 0.05) is 19.5 Å². The summed E-state index contributed by atoms with van der Waals surface area (Å²) in [6.45, 7) is 5.85. The molecule has 1 rings (SSSR count). The Morgan fingerprint density at radius 2 is 1.83 bits per heavy atom. The van der Waals surface area contributed by atoms with Gasteiger partial charge in [-0.25, -0.2) is 0 Å². The van der Waals surface area contributed by atoms with E-state index in [4.69, 9.17) is 5.73 Å². The molecule has 0 spiro atoms. The smallest absolute Gasteiger partial charge is 0.307 e. The summed E-state index contributed by atoms with van der Waals surface area (Å²) < 4.78 is 4.68. The van der Waals surface area contributed by atoms with E-state index in [9.17, 15) is 9.59 Å². The molecule has 0 radical (unpaired) electrons. The van der Waals surface area contributed by atoms with Crippen LogP contribution >= 0.6 is 12.4 Å². The van der Waals surface area contributed by atoms with Crippen LogP contribution in [0.1, 0.15) is 58.8 Å². The molecular formula is C17H33ClN2O3. The average Bonchev–Trinajstić information content (AvgIpc) is 2.51. The summed E-state index contributed by atoms with van der Waals surface area (Å²) >= 11 is 0. The summed E-state index contributed by atoms with van der Waals surface area (Å²) in [5.41, 5.74) is 5.95. The van der Waals surface area contributed by atoms with Gasteiger partial charge in [0.2, 0.25) is 5.91 Å². The lowest BCUT2D eigenvalue weighted by Crippen LogP contribution is -2.42. The highest BCUT2D eigenvalue weighted by molar-refractivity contribution is 5.85. The molecule has 1 aliphatic carbocycles. The number of halogens is 1. The summed E-state index contributed by atoms with van der Waals surface area (Å²) in [6.07, 6.45) is 6.42. The first kappa shape index (κ1) is 22.2. The zero-order valence-corrected chi connectivity index (χ0v) is 15.6. The highest BCUT2D eigenvalue weighted by Gasteiger charge is 2.34. The van der Waals surface area contributed by atoms with Crippen LogP contribution in [0.2, 0.25) is 0 Å². The number of rotatable bonds is 8. The number of nitrogens with two attached hydrogens (primary N) is 1. The Balaban J connectivity index is 0.00000484. The van der Waals surface area contributed by atoms with Gasteiger partial charge in [0.05, 0.1) is 13.5 Å². The quantitative estimate of drug-likeness (QED) is 0.684. The zero-order chi connectivity index (χ0) is 16.6. The third-order valence-electron chi connectivity index (χ3n) is 4.63. The Bertz CT molecular complexity index is 369. The summed E-state index contributed by atoms with van der Waals surface area (Å²) in [6, 6.07) is 0. The number of carbonyl (C=O) groups excluding carboxylic acids is 2. The number of amides is 1. The average molecular weight is 349 g/mol. The van der Waals surface area contributed by atoms with Crippen molar-refractivity contribution in [3.63, 3.8) is 0 Å². The van der Waals surface area contributed by atoms with Gasteiger partial charge in [0.25, 0.3) is 0 Å². The van der Waals surface area contributed by atoms with Crippen LogP contribution < -0.4 is 5.73 Å². The fourth-order valence-corrected chi connectivity index (χ4v) is 3.27. The van der Waals surface area contributed by atoms with Crippen LogP contribution in [0.3, 0.4) is 0 Å². The fraction of sp³-hybridized carbons (Fsp3) is 0.882. The molecule has 1 fully saturated rings. The van der Waals surface area contributed by atoms with Crippen molar-refractivity contribution in [2.75, 3.05) is 26.7 Å². The summed E-state index contributed by atoms with van der Waals surface area (Å²) in [4.78, 5) is 25.9. The third kappa shape index (κ3) is 7.53. The van der Waals surface area contributed by atoms with Gasteiger partial charge >= 0.3 is 5.97 Å². The van der Waals surface area contributed by atoms with E-state index < -0.39 is 0 Å². The molecule has 6 heteroatoms. The molecule has 0 heterocycles. The molecule has 1 aliphatic rings. The minimum absolute atomic E-state index is 0. The van der Waals surface area contributed by atoms with Crippen LogP contribution in [-0.2, 0) is 14.3 Å². The highest BCUT2D eigenvalue weighted by Crippen LogP contribution is 2.38. The second-order valence-electron chi connectivity index (χ2n) is 7.00. The largest absolute Gasteiger partial charge is 0.469 e. The van der Waals surface area contributed by atoms with E-state index in [1.807, 2.05) is 4.90 Å². The van der Waals surface area contributed by atoms with E-state index in [1.165, 1.54) is 13.5 Å². The van der Waals surface area contributed by atoms with Crippen molar-refractivity contribution in [2.45, 2.75) is 58.8 Å². The summed E-state index contributed by atoms with van der Waals surface area (Å²) in [5.74, 6) is 0.236. The normalized spacial score (nSPS) is 16.6. The van der Waals surface area contributed by atoms with Gasteiger partial charge in [-0.05, 0) is 30.7 Å². The van der Waals surface area contributed by atoms with Crippen LogP contribution in [0, 0.1) is 11.3 Å². The molecule has 136 valence electrons. The zero-order valence-electron chi connectivity index (χ0n) is 14.8. The SMILES string of the molecule is COC(=O)CCN(CC(C)C)C(=O)CC1(CN)CCCCC1.Cl. The molecule has 0 atom stereocenters. The van der Waals surface area contributed by atoms with Gasteiger partial charge in [-0.15, -0.1) is 12.4 Å². The number of hydrogen-bond acceptors (Lipinski definition) is 4. The van der Waals surface area contributed by atoms with Crippen LogP contribution in [0.5, 0.6) is 0 Å². The first-order valence-corrected chi connectivity index (χ1v) is 8.47. The lowest BCUT2D eigenvalue weighted by atomic mass is 9.71. The van der Waals surface area contributed by atoms with Crippen LogP contribution in [0.25, 0.3) is 0 Å². The number of ether oxygens (including phenoxy) is 1. The van der Waals surface area contributed by atoms with Crippen molar-refractivity contribution in [3.8, 4) is 0 Å². The number of nitrogens with zero attached hydrogens (tertiary/aromatic N) is 1. The Labute approximate surface area is 146 Å². The molecule has 0 aliphatic heterocycles. The molecule has 0 aromatic rings. The molecule has 23 heavy (non-hydrogen) atoms. The molecule has 0 saturated heterocycles. The molecule has 1 amide bonds. The number of methoxy groups -OCH3 is 1. The van der Waals surface area contributed by atoms with Gasteiger partial charge in [-0.1, -0.05) is 33.1 Å². The molecular weight excluding hydrogens is 316 g/mol. The van der Waals surface area contributed by atoms with Gasteiger partial charge < -0.3 is 15.4 Å². The van der Waals surface area contributed by atoms with Crippen molar-refractivity contribution >= 4 is 24.3 Å². The first-order valence-electron chi connectivity index (χ1n) is 8.47. The maximum absolute atomic E-state index is 12.7. The second kappa shape index (κ2) is 10.9. The van der Waals surface area contributed by atoms with Gasteiger partial charge in [-0.2, -0.15) is 0 Å². The van der Waals surface area contributed by atoms with Crippen molar-refractivity contribution in [1.29, 1.82) is 0 Å². The minimum atomic E-state index is -0.271. The maximum Gasteiger partial charge on any atom is 0.307 e. The molecule has 5 nitrogen and oxygen atoms in total. The van der Waals surface area contributed by atoms with Gasteiger partial charge in [0.15, 0.2) is 0 Å². The molecule has 1 saturated carbocycles. The molecule has 0 bridgehead atoms. The predicted octanol–water partition coefficient (Wildman–Crippen LogP) is 2.76. The molecule has 0 aromatic heterocycles. The third-order valence-corrected chi connectivity index (χ3v) is 4.63. The Morgan fingerprint density at radius 3 is 2.30 bits per heavy atom. The number of esters is 1. The summed E-state index contributed by atoms with van der Waals surface area (Å²) in [5, 5.41) is 0. The van der Waals surface area contributed by atoms with Gasteiger partial charge in [0.1, 0.15) is 0 Å². The first-order chi connectivity index (χ1) is 10.4. The Hall–Kier alpha value is -0.810. The van der Waals surface area contributed by atoms with E-state index in [-0.39, 0.29) is 36.1 Å². The lowest BCUT2D eigenvalue weighted by Gasteiger charge is -2.37. The predicted molar refractivity (Wildman–Crippen MR) is 94.5 cm³/mol. The molecule has 2 N–H and O–H groups in total. The van der Waals surface area contributed by atoms with E-state index >= 15 is 0 Å². The Morgan fingerprint density at radius 1 is 1.22 bits per heavy atom. The topological polar surface area (TPSA) is 72.6 Å². The Kier molecular flexibility index (Phi) is 10.5. The van der Waals surface area contributed by atoms with E-state index in [0.717, 1.165) is 25.7 Å². The van der Waals surface area contributed by atoms with E-state index in [2.05, 4.69) is 18.6 Å². The van der Waals surface area contributed by atoms with Crippen molar-refractivity contribution in [2.24, 2.45) is 17.1 Å².